The van der Waals surface area contributed by atoms with Crippen molar-refractivity contribution in [2.75, 3.05) is 0 Å². The lowest BCUT2D eigenvalue weighted by Crippen LogP contribution is -2.25. The smallest absolute Gasteiger partial charge is 0.263 e. The van der Waals surface area contributed by atoms with Gasteiger partial charge in [-0.05, 0) is 91.9 Å². The molecule has 2 aliphatic carbocycles. The summed E-state index contributed by atoms with van der Waals surface area (Å²) in [6.45, 7) is 0. The van der Waals surface area contributed by atoms with Gasteiger partial charge in [0.15, 0.2) is 0 Å². The van der Waals surface area contributed by atoms with E-state index in [4.69, 9.17) is 0 Å². The molecule has 12 aromatic rings. The van der Waals surface area contributed by atoms with E-state index in [2.05, 4.69) is 180 Å². The van der Waals surface area contributed by atoms with Crippen molar-refractivity contribution in [1.29, 1.82) is 0 Å². The van der Waals surface area contributed by atoms with E-state index in [0.717, 1.165) is 54.8 Å². The van der Waals surface area contributed by atoms with Crippen molar-refractivity contribution in [3.8, 4) is 39.1 Å². The topological polar surface area (TPSA) is 26.4 Å². The van der Waals surface area contributed by atoms with Gasteiger partial charge in [-0.25, -0.2) is 0 Å². The number of fused-ring (bicyclic) bond motifs is 19. The molecule has 0 radical (unpaired) electrons. The van der Waals surface area contributed by atoms with Crippen LogP contribution in [0.2, 0.25) is 0 Å². The van der Waals surface area contributed by atoms with E-state index in [1.165, 1.54) is 66.3 Å². The minimum absolute atomic E-state index is 0.0286. The Labute approximate surface area is 338 Å². The van der Waals surface area contributed by atoms with Gasteiger partial charge >= 0.3 is 0 Å². The Hall–Kier alpha value is -7.75. The third-order valence-electron chi connectivity index (χ3n) is 13.7. The van der Waals surface area contributed by atoms with Crippen molar-refractivity contribution in [1.82, 2.24) is 8.97 Å². The maximum Gasteiger partial charge on any atom is 0.263 e. The number of nitrogens with zero attached hydrogens (tertiary/aromatic N) is 2. The number of hydrogen-bond acceptors (Lipinski definition) is 1. The molecular weight excluding hydrogens is 717 g/mol. The molecule has 14 rings (SSSR count). The van der Waals surface area contributed by atoms with Crippen LogP contribution in [0.25, 0.3) is 98.8 Å². The average Bonchev–Trinajstić information content (AvgIpc) is 4.01. The molecule has 0 saturated heterocycles. The van der Waals surface area contributed by atoms with Crippen molar-refractivity contribution in [3.05, 3.63) is 227 Å². The quantitative estimate of drug-likeness (QED) is 0.162. The van der Waals surface area contributed by atoms with Crippen LogP contribution >= 0.6 is 0 Å². The van der Waals surface area contributed by atoms with Crippen LogP contribution in [0.5, 0.6) is 0 Å². The minimum atomic E-state index is -0.422. The second-order valence-corrected chi connectivity index (χ2v) is 16.3. The van der Waals surface area contributed by atoms with Crippen LogP contribution in [0.3, 0.4) is 0 Å². The lowest BCUT2D eigenvalue weighted by molar-refractivity contribution is 0.794. The number of pyridine rings is 1. The number of para-hydroxylation sites is 2. The molecule has 0 amide bonds. The molecule has 0 saturated carbocycles. The Morgan fingerprint density at radius 3 is 1.71 bits per heavy atom. The predicted octanol–water partition coefficient (Wildman–Crippen LogP) is 13.3. The highest BCUT2D eigenvalue weighted by Gasteiger charge is 2.52. The van der Waals surface area contributed by atoms with Gasteiger partial charge in [0.2, 0.25) is 0 Å². The molecule has 0 aliphatic heterocycles. The Balaban J connectivity index is 1.04. The Kier molecular flexibility index (Phi) is 5.85. The fourth-order valence-corrected chi connectivity index (χ4v) is 11.4. The van der Waals surface area contributed by atoms with Crippen LogP contribution in [0.4, 0.5) is 0 Å². The minimum Gasteiger partial charge on any atom is -0.309 e. The summed E-state index contributed by atoms with van der Waals surface area (Å²) in [5.41, 5.74) is 17.9. The van der Waals surface area contributed by atoms with Crippen molar-refractivity contribution < 1.29 is 0 Å². The summed E-state index contributed by atoms with van der Waals surface area (Å²) >= 11 is 0. The van der Waals surface area contributed by atoms with Gasteiger partial charge in [-0.1, -0.05) is 158 Å². The number of aromatic nitrogens is 2. The standard InChI is InChI=1S/C56H32N2O/c59-55-43-19-2-1-15-36(43)40-21-12-22-41-45-32-34(27-30-51(45)58(55)53(40)41)33-13-11-14-35(31-33)57-50-26-10-6-18-39(50)42-28-29-49-52(54(42)57)44-20-5-9-25-48(44)56(49)46-23-7-3-16-37(46)38-17-4-8-24-47(38)56/h1-32H. The molecule has 9 aromatic carbocycles. The van der Waals surface area contributed by atoms with E-state index < -0.39 is 5.41 Å². The summed E-state index contributed by atoms with van der Waals surface area (Å²) in [6.07, 6.45) is 0. The van der Waals surface area contributed by atoms with E-state index in [0.29, 0.717) is 0 Å². The van der Waals surface area contributed by atoms with E-state index in [1.807, 2.05) is 22.6 Å². The molecule has 272 valence electrons. The highest BCUT2D eigenvalue weighted by Crippen LogP contribution is 2.64. The first-order valence-electron chi connectivity index (χ1n) is 20.4. The summed E-state index contributed by atoms with van der Waals surface area (Å²) in [6, 6.07) is 70.7. The highest BCUT2D eigenvalue weighted by atomic mass is 16.1. The molecule has 1 spiro atoms. The first-order valence-corrected chi connectivity index (χ1v) is 20.4. The summed E-state index contributed by atoms with van der Waals surface area (Å²) < 4.78 is 4.43. The van der Waals surface area contributed by atoms with Crippen molar-refractivity contribution in [2.45, 2.75) is 5.41 Å². The summed E-state index contributed by atoms with van der Waals surface area (Å²) in [7, 11) is 0. The maximum atomic E-state index is 14.0. The Morgan fingerprint density at radius 1 is 0.356 bits per heavy atom. The number of rotatable bonds is 2. The van der Waals surface area contributed by atoms with Crippen molar-refractivity contribution >= 4 is 59.8 Å². The van der Waals surface area contributed by atoms with Gasteiger partial charge in [0.25, 0.3) is 5.56 Å². The van der Waals surface area contributed by atoms with Gasteiger partial charge in [0, 0.05) is 43.6 Å². The summed E-state index contributed by atoms with van der Waals surface area (Å²) in [5.74, 6) is 0. The highest BCUT2D eigenvalue weighted by molar-refractivity contribution is 6.21. The molecule has 0 fully saturated rings. The van der Waals surface area contributed by atoms with Gasteiger partial charge in [0.05, 0.1) is 27.5 Å². The van der Waals surface area contributed by atoms with Gasteiger partial charge < -0.3 is 4.57 Å². The molecule has 3 heterocycles. The van der Waals surface area contributed by atoms with E-state index >= 15 is 0 Å². The van der Waals surface area contributed by atoms with Crippen molar-refractivity contribution in [3.63, 3.8) is 0 Å². The molecule has 0 bridgehead atoms. The van der Waals surface area contributed by atoms with Crippen molar-refractivity contribution in [2.24, 2.45) is 0 Å². The van der Waals surface area contributed by atoms with Crippen LogP contribution in [0, 0.1) is 0 Å². The van der Waals surface area contributed by atoms with E-state index in [1.54, 1.807) is 0 Å². The molecule has 59 heavy (non-hydrogen) atoms. The fourth-order valence-electron chi connectivity index (χ4n) is 11.4. The lowest BCUT2D eigenvalue weighted by atomic mass is 9.70. The van der Waals surface area contributed by atoms with Crippen LogP contribution in [0.1, 0.15) is 22.3 Å². The van der Waals surface area contributed by atoms with Crippen LogP contribution in [-0.2, 0) is 5.41 Å². The van der Waals surface area contributed by atoms with E-state index in [9.17, 15) is 4.79 Å². The van der Waals surface area contributed by atoms with Gasteiger partial charge in [-0.2, -0.15) is 0 Å². The zero-order valence-corrected chi connectivity index (χ0v) is 31.8. The first kappa shape index (κ1) is 31.3. The van der Waals surface area contributed by atoms with E-state index in [-0.39, 0.29) is 5.56 Å². The lowest BCUT2D eigenvalue weighted by Gasteiger charge is -2.30. The largest absolute Gasteiger partial charge is 0.309 e. The molecule has 0 atom stereocenters. The SMILES string of the molecule is O=c1c2ccccc2c2cccc3c4cc(-c5cccc(-n6c7ccccc7c7ccc8c(c76)-c6ccccc6C86c7ccccc7-c7ccccc76)c5)ccc4n1c23. The molecule has 0 N–H and O–H groups in total. The van der Waals surface area contributed by atoms with Crippen LogP contribution in [-0.4, -0.2) is 8.97 Å². The van der Waals surface area contributed by atoms with Gasteiger partial charge in [-0.3, -0.25) is 9.20 Å². The Morgan fingerprint density at radius 2 is 0.932 bits per heavy atom. The second-order valence-electron chi connectivity index (χ2n) is 16.3. The third kappa shape index (κ3) is 3.72. The third-order valence-corrected chi connectivity index (χ3v) is 13.7. The molecule has 2 aliphatic rings. The maximum absolute atomic E-state index is 14.0. The van der Waals surface area contributed by atoms with Crippen LogP contribution in [0.15, 0.2) is 199 Å². The average molecular weight is 749 g/mol. The Bertz CT molecular complexity index is 3840. The van der Waals surface area contributed by atoms with Gasteiger partial charge in [-0.15, -0.1) is 0 Å². The normalized spacial score (nSPS) is 13.6. The monoisotopic (exact) mass is 748 g/mol. The molecule has 3 heteroatoms. The number of benzene rings is 9. The predicted molar refractivity (Wildman–Crippen MR) is 243 cm³/mol. The first-order chi connectivity index (χ1) is 29.2. The second kappa shape index (κ2) is 11.0. The summed E-state index contributed by atoms with van der Waals surface area (Å²) in [5, 5.41) is 7.51. The molecule has 0 unspecified atom stereocenters. The summed E-state index contributed by atoms with van der Waals surface area (Å²) in [4.78, 5) is 14.0. The fraction of sp³-hybridized carbons (Fsp3) is 0.0179. The zero-order chi connectivity index (χ0) is 38.6. The zero-order valence-electron chi connectivity index (χ0n) is 31.8. The molecular formula is C56H32N2O. The van der Waals surface area contributed by atoms with Crippen LogP contribution < -0.4 is 5.56 Å². The number of hydrogen-bond donors (Lipinski definition) is 0. The molecule has 3 nitrogen and oxygen atoms in total. The van der Waals surface area contributed by atoms with Gasteiger partial charge in [0.1, 0.15) is 0 Å². The molecule has 3 aromatic heterocycles.